The number of primary amides is 1. The number of carbonyl (C=O) groups is 2. The van der Waals surface area contributed by atoms with Gasteiger partial charge in [0, 0.05) is 17.8 Å². The van der Waals surface area contributed by atoms with Crippen LogP contribution in [0.25, 0.3) is 11.0 Å². The molecule has 2 aromatic heterocycles. The summed E-state index contributed by atoms with van der Waals surface area (Å²) in [6.07, 6.45) is 3.74. The summed E-state index contributed by atoms with van der Waals surface area (Å²) in [5.74, 6) is -1.70. The number of hydrogen-bond donors (Lipinski definition) is 3. The van der Waals surface area contributed by atoms with E-state index in [0.29, 0.717) is 17.5 Å². The minimum Gasteiger partial charge on any atom is -0.392 e. The van der Waals surface area contributed by atoms with Crippen molar-refractivity contribution in [1.29, 1.82) is 0 Å². The van der Waals surface area contributed by atoms with Crippen LogP contribution in [0.5, 0.6) is 0 Å². The van der Waals surface area contributed by atoms with Crippen LogP contribution in [-0.4, -0.2) is 32.5 Å². The second-order valence-electron chi connectivity index (χ2n) is 7.62. The average Bonchev–Trinajstić information content (AvgIpc) is 3.55. The van der Waals surface area contributed by atoms with Crippen LogP contribution in [0.15, 0.2) is 41.3 Å². The number of fused-ring (bicyclic) bond motifs is 1. The van der Waals surface area contributed by atoms with Gasteiger partial charge in [-0.3, -0.25) is 23.9 Å². The van der Waals surface area contributed by atoms with Crippen LogP contribution in [0.4, 0.5) is 4.39 Å². The number of benzene rings is 1. The number of amides is 2. The second-order valence-corrected chi connectivity index (χ2v) is 7.62. The number of halogens is 1. The molecule has 160 valence electrons. The van der Waals surface area contributed by atoms with E-state index in [2.05, 4.69) is 10.3 Å². The molecule has 0 unspecified atom stereocenters. The van der Waals surface area contributed by atoms with Crippen LogP contribution in [0.1, 0.15) is 39.9 Å². The summed E-state index contributed by atoms with van der Waals surface area (Å²) in [6, 6.07) is 7.78. The Balaban J connectivity index is 1.84. The Labute approximate surface area is 176 Å². The zero-order valence-electron chi connectivity index (χ0n) is 16.6. The van der Waals surface area contributed by atoms with Gasteiger partial charge < -0.3 is 16.2 Å². The predicted octanol–water partition coefficient (Wildman–Crippen LogP) is 0.996. The van der Waals surface area contributed by atoms with Gasteiger partial charge in [-0.2, -0.15) is 0 Å². The van der Waals surface area contributed by atoms with Gasteiger partial charge in [0.15, 0.2) is 0 Å². The van der Waals surface area contributed by atoms with E-state index >= 15 is 0 Å². The van der Waals surface area contributed by atoms with Crippen molar-refractivity contribution in [2.24, 2.45) is 5.73 Å². The molecule has 1 aromatic carbocycles. The zero-order chi connectivity index (χ0) is 22.1. The maximum absolute atomic E-state index is 13.2. The number of rotatable bonds is 7. The summed E-state index contributed by atoms with van der Waals surface area (Å²) < 4.78 is 14.3. The number of pyridine rings is 2. The molecular formula is C22H21FN4O4. The number of aromatic nitrogens is 2. The molecule has 1 saturated carbocycles. The lowest BCUT2D eigenvalue weighted by molar-refractivity contribution is -0.121. The predicted molar refractivity (Wildman–Crippen MR) is 111 cm³/mol. The fourth-order valence-electron chi connectivity index (χ4n) is 3.57. The maximum atomic E-state index is 13.2. The molecule has 31 heavy (non-hydrogen) atoms. The van der Waals surface area contributed by atoms with Gasteiger partial charge in [-0.05, 0) is 48.6 Å². The first-order chi connectivity index (χ1) is 14.9. The molecule has 2 amide bonds. The van der Waals surface area contributed by atoms with Crippen molar-refractivity contribution in [2.45, 2.75) is 38.5 Å². The SMILES string of the molecule is NC(=O)c1c(CO)c2ncc(Cc3ccc(F)cc3)cc2n(CC(=O)NC2CC2)c1=O. The van der Waals surface area contributed by atoms with Gasteiger partial charge in [0.25, 0.3) is 11.5 Å². The molecule has 0 saturated heterocycles. The van der Waals surface area contributed by atoms with Crippen molar-refractivity contribution in [2.75, 3.05) is 0 Å². The van der Waals surface area contributed by atoms with Crippen LogP contribution in [0, 0.1) is 5.82 Å². The van der Waals surface area contributed by atoms with E-state index in [-0.39, 0.29) is 41.0 Å². The van der Waals surface area contributed by atoms with E-state index in [1.807, 2.05) is 0 Å². The number of aliphatic hydroxyl groups is 1. The minimum atomic E-state index is -0.996. The van der Waals surface area contributed by atoms with Gasteiger partial charge in [-0.15, -0.1) is 0 Å². The molecule has 1 fully saturated rings. The molecule has 0 radical (unpaired) electrons. The van der Waals surface area contributed by atoms with Crippen molar-refractivity contribution >= 4 is 22.8 Å². The Morgan fingerprint density at radius 2 is 1.94 bits per heavy atom. The number of aliphatic hydroxyl groups excluding tert-OH is 1. The summed E-state index contributed by atoms with van der Waals surface area (Å²) in [4.78, 5) is 41.8. The molecule has 1 aliphatic rings. The van der Waals surface area contributed by atoms with E-state index in [1.165, 1.54) is 12.1 Å². The van der Waals surface area contributed by atoms with Gasteiger partial charge in [-0.1, -0.05) is 12.1 Å². The van der Waals surface area contributed by atoms with Gasteiger partial charge >= 0.3 is 0 Å². The first-order valence-corrected chi connectivity index (χ1v) is 9.86. The summed E-state index contributed by atoms with van der Waals surface area (Å²) in [7, 11) is 0. The topological polar surface area (TPSA) is 127 Å². The highest BCUT2D eigenvalue weighted by atomic mass is 19.1. The van der Waals surface area contributed by atoms with Crippen molar-refractivity contribution in [1.82, 2.24) is 14.9 Å². The number of nitrogens with zero attached hydrogens (tertiary/aromatic N) is 2. The molecule has 3 aromatic rings. The standard InChI is InChI=1S/C22H21FN4O4/c23-14-3-1-12(2-4-14)7-13-8-17-20(25-9-13)16(11-28)19(21(24)30)22(31)27(17)10-18(29)26-15-5-6-15/h1-4,8-9,15,28H,5-7,10-11H2,(H2,24,30)(H,26,29). The molecule has 0 atom stereocenters. The summed E-state index contributed by atoms with van der Waals surface area (Å²) in [6.45, 7) is -0.914. The van der Waals surface area contributed by atoms with Crippen molar-refractivity contribution in [3.8, 4) is 0 Å². The Bertz CT molecular complexity index is 1230. The largest absolute Gasteiger partial charge is 0.392 e. The maximum Gasteiger partial charge on any atom is 0.264 e. The lowest BCUT2D eigenvalue weighted by Crippen LogP contribution is -2.37. The zero-order valence-corrected chi connectivity index (χ0v) is 16.6. The van der Waals surface area contributed by atoms with Crippen molar-refractivity contribution in [3.63, 3.8) is 0 Å². The molecule has 4 rings (SSSR count). The highest BCUT2D eigenvalue weighted by Gasteiger charge is 2.26. The Morgan fingerprint density at radius 3 is 2.55 bits per heavy atom. The third-order valence-electron chi connectivity index (χ3n) is 5.23. The van der Waals surface area contributed by atoms with E-state index in [0.717, 1.165) is 23.0 Å². The molecule has 0 aliphatic heterocycles. The van der Waals surface area contributed by atoms with Crippen LogP contribution >= 0.6 is 0 Å². The van der Waals surface area contributed by atoms with E-state index in [4.69, 9.17) is 5.73 Å². The quantitative estimate of drug-likeness (QED) is 0.521. The molecule has 8 nitrogen and oxygen atoms in total. The molecule has 2 heterocycles. The molecule has 1 aliphatic carbocycles. The Kier molecular flexibility index (Phi) is 5.51. The second kappa shape index (κ2) is 8.27. The molecule has 0 spiro atoms. The number of hydrogen-bond acceptors (Lipinski definition) is 5. The fraction of sp³-hybridized carbons (Fsp3) is 0.273. The smallest absolute Gasteiger partial charge is 0.264 e. The van der Waals surface area contributed by atoms with Gasteiger partial charge in [0.05, 0.1) is 17.6 Å². The molecule has 4 N–H and O–H groups in total. The first kappa shape index (κ1) is 20.7. The number of nitrogens with two attached hydrogens (primary N) is 1. The van der Waals surface area contributed by atoms with Gasteiger partial charge in [0.2, 0.25) is 5.91 Å². The first-order valence-electron chi connectivity index (χ1n) is 9.86. The van der Waals surface area contributed by atoms with E-state index in [1.54, 1.807) is 24.4 Å². The third kappa shape index (κ3) is 4.31. The van der Waals surface area contributed by atoms with Gasteiger partial charge in [0.1, 0.15) is 17.9 Å². The van der Waals surface area contributed by atoms with Crippen molar-refractivity contribution < 1.29 is 19.1 Å². The van der Waals surface area contributed by atoms with Gasteiger partial charge in [-0.25, -0.2) is 4.39 Å². The lowest BCUT2D eigenvalue weighted by Gasteiger charge is -2.16. The van der Waals surface area contributed by atoms with Crippen LogP contribution in [0.3, 0.4) is 0 Å². The highest BCUT2D eigenvalue weighted by molar-refractivity contribution is 5.98. The van der Waals surface area contributed by atoms with E-state index in [9.17, 15) is 23.9 Å². The normalized spacial score (nSPS) is 13.4. The fourth-order valence-corrected chi connectivity index (χ4v) is 3.57. The van der Waals surface area contributed by atoms with Crippen LogP contribution < -0.4 is 16.6 Å². The summed E-state index contributed by atoms with van der Waals surface area (Å²) >= 11 is 0. The third-order valence-corrected chi connectivity index (χ3v) is 5.23. The molecule has 9 heteroatoms. The lowest BCUT2D eigenvalue weighted by atomic mass is 10.0. The minimum absolute atomic E-state index is 0.0275. The number of nitrogens with one attached hydrogen (secondary N) is 1. The van der Waals surface area contributed by atoms with Crippen LogP contribution in [0.2, 0.25) is 0 Å². The molecular weight excluding hydrogens is 403 g/mol. The highest BCUT2D eigenvalue weighted by Crippen LogP contribution is 2.22. The van der Waals surface area contributed by atoms with Crippen molar-refractivity contribution in [3.05, 3.63) is 75.0 Å². The number of carbonyl (C=O) groups excluding carboxylic acids is 2. The Hall–Kier alpha value is -3.59. The van der Waals surface area contributed by atoms with Crippen LogP contribution in [-0.2, 0) is 24.4 Å². The monoisotopic (exact) mass is 424 g/mol. The molecule has 0 bridgehead atoms. The van der Waals surface area contributed by atoms with E-state index < -0.39 is 18.1 Å². The summed E-state index contributed by atoms with van der Waals surface area (Å²) in [5, 5.41) is 12.6. The average molecular weight is 424 g/mol. The Morgan fingerprint density at radius 1 is 1.23 bits per heavy atom. The summed E-state index contributed by atoms with van der Waals surface area (Å²) in [5.41, 5.74) is 6.36.